The zero-order valence-corrected chi connectivity index (χ0v) is 11.5. The first-order valence-electron chi connectivity index (χ1n) is 5.55. The Balaban J connectivity index is 2.68. The zero-order valence-electron chi connectivity index (χ0n) is 9.94. The number of benzene rings is 2. The van der Waals surface area contributed by atoms with Crippen LogP contribution in [0.3, 0.4) is 0 Å². The molecule has 0 aliphatic heterocycles. The second kappa shape index (κ2) is 5.52. The SMILES string of the molecule is Fc1cccc(-c2cc(C(F)(F)F)ccc2CBr)c1F. The first-order chi connectivity index (χ1) is 9.34. The van der Waals surface area contributed by atoms with Gasteiger partial charge in [0.15, 0.2) is 11.6 Å². The van der Waals surface area contributed by atoms with Crippen molar-refractivity contribution < 1.29 is 22.0 Å². The normalized spacial score (nSPS) is 11.7. The third-order valence-electron chi connectivity index (χ3n) is 2.82. The Bertz CT molecular complexity index is 634. The first kappa shape index (κ1) is 15.0. The van der Waals surface area contributed by atoms with E-state index >= 15 is 0 Å². The molecule has 0 radical (unpaired) electrons. The van der Waals surface area contributed by atoms with Crippen LogP contribution in [-0.2, 0) is 11.5 Å². The van der Waals surface area contributed by atoms with Crippen molar-refractivity contribution in [2.75, 3.05) is 0 Å². The highest BCUT2D eigenvalue weighted by atomic mass is 79.9. The van der Waals surface area contributed by atoms with Gasteiger partial charge in [-0.1, -0.05) is 34.1 Å². The summed E-state index contributed by atoms with van der Waals surface area (Å²) in [5.74, 6) is -2.26. The highest BCUT2D eigenvalue weighted by Crippen LogP contribution is 2.35. The van der Waals surface area contributed by atoms with Gasteiger partial charge in [-0.25, -0.2) is 8.78 Å². The summed E-state index contributed by atoms with van der Waals surface area (Å²) in [5, 5.41) is 0.233. The number of rotatable bonds is 2. The molecular formula is C14H8BrF5. The van der Waals surface area contributed by atoms with Crippen molar-refractivity contribution in [3.8, 4) is 11.1 Å². The van der Waals surface area contributed by atoms with Crippen molar-refractivity contribution in [3.63, 3.8) is 0 Å². The highest BCUT2D eigenvalue weighted by Gasteiger charge is 2.31. The van der Waals surface area contributed by atoms with Crippen molar-refractivity contribution in [2.24, 2.45) is 0 Å². The van der Waals surface area contributed by atoms with Crippen LogP contribution in [0.4, 0.5) is 22.0 Å². The largest absolute Gasteiger partial charge is 0.416 e. The lowest BCUT2D eigenvalue weighted by Crippen LogP contribution is -2.06. The molecule has 20 heavy (non-hydrogen) atoms. The van der Waals surface area contributed by atoms with Crippen molar-refractivity contribution in [1.82, 2.24) is 0 Å². The molecular weight excluding hydrogens is 343 g/mol. The van der Waals surface area contributed by atoms with Crippen molar-refractivity contribution >= 4 is 15.9 Å². The number of alkyl halides is 4. The van der Waals surface area contributed by atoms with E-state index in [0.29, 0.717) is 5.56 Å². The fourth-order valence-electron chi connectivity index (χ4n) is 1.83. The van der Waals surface area contributed by atoms with Gasteiger partial charge in [-0.2, -0.15) is 13.2 Å². The molecule has 0 fully saturated rings. The topological polar surface area (TPSA) is 0 Å². The fraction of sp³-hybridized carbons (Fsp3) is 0.143. The van der Waals surface area contributed by atoms with E-state index in [1.807, 2.05) is 0 Å². The summed E-state index contributed by atoms with van der Waals surface area (Å²) in [6.45, 7) is 0. The van der Waals surface area contributed by atoms with Crippen LogP contribution in [0.1, 0.15) is 11.1 Å². The lowest BCUT2D eigenvalue weighted by atomic mass is 9.97. The molecule has 0 heterocycles. The van der Waals surface area contributed by atoms with Gasteiger partial charge in [0.05, 0.1) is 5.56 Å². The third-order valence-corrected chi connectivity index (χ3v) is 3.43. The molecule has 0 spiro atoms. The zero-order chi connectivity index (χ0) is 14.9. The van der Waals surface area contributed by atoms with E-state index in [2.05, 4.69) is 15.9 Å². The molecule has 0 aromatic heterocycles. The van der Waals surface area contributed by atoms with Crippen LogP contribution in [-0.4, -0.2) is 0 Å². The molecule has 106 valence electrons. The Labute approximate surface area is 120 Å². The highest BCUT2D eigenvalue weighted by molar-refractivity contribution is 9.08. The summed E-state index contributed by atoms with van der Waals surface area (Å²) in [6.07, 6.45) is -4.54. The van der Waals surface area contributed by atoms with Gasteiger partial charge in [0.25, 0.3) is 0 Å². The number of hydrogen-bond acceptors (Lipinski definition) is 0. The molecule has 6 heteroatoms. The number of hydrogen-bond donors (Lipinski definition) is 0. The Kier molecular flexibility index (Phi) is 4.13. The van der Waals surface area contributed by atoms with Crippen LogP contribution in [0.2, 0.25) is 0 Å². The van der Waals surface area contributed by atoms with Gasteiger partial charge < -0.3 is 0 Å². The van der Waals surface area contributed by atoms with Gasteiger partial charge in [0.1, 0.15) is 0 Å². The monoisotopic (exact) mass is 350 g/mol. The molecule has 0 N–H and O–H groups in total. The fourth-order valence-corrected chi connectivity index (χ4v) is 2.32. The average molecular weight is 351 g/mol. The van der Waals surface area contributed by atoms with Gasteiger partial charge in [0.2, 0.25) is 0 Å². The molecule has 0 aliphatic rings. The third kappa shape index (κ3) is 2.85. The Hall–Kier alpha value is -1.43. The van der Waals surface area contributed by atoms with Crippen molar-refractivity contribution in [1.29, 1.82) is 0 Å². The van der Waals surface area contributed by atoms with E-state index in [-0.39, 0.29) is 16.5 Å². The Morgan fingerprint density at radius 1 is 0.950 bits per heavy atom. The molecule has 0 aliphatic carbocycles. The molecule has 0 atom stereocenters. The van der Waals surface area contributed by atoms with Crippen molar-refractivity contribution in [2.45, 2.75) is 11.5 Å². The van der Waals surface area contributed by atoms with E-state index in [1.54, 1.807) is 0 Å². The quantitative estimate of drug-likeness (QED) is 0.492. The van der Waals surface area contributed by atoms with Crippen LogP contribution in [0.15, 0.2) is 36.4 Å². The van der Waals surface area contributed by atoms with Gasteiger partial charge in [0, 0.05) is 10.9 Å². The minimum atomic E-state index is -4.54. The van der Waals surface area contributed by atoms with Crippen LogP contribution >= 0.6 is 15.9 Å². The average Bonchev–Trinajstić information content (AvgIpc) is 2.40. The second-order valence-corrected chi connectivity index (χ2v) is 4.67. The second-order valence-electron chi connectivity index (χ2n) is 4.10. The molecule has 0 unspecified atom stereocenters. The van der Waals surface area contributed by atoms with E-state index in [1.165, 1.54) is 18.2 Å². The molecule has 2 aromatic rings. The van der Waals surface area contributed by atoms with Crippen LogP contribution in [0.5, 0.6) is 0 Å². The summed E-state index contributed by atoms with van der Waals surface area (Å²) in [7, 11) is 0. The standard InChI is InChI=1S/C14H8BrF5/c15-7-8-4-5-9(14(18,19)20)6-11(8)10-2-1-3-12(16)13(10)17/h1-6H,7H2. The summed E-state index contributed by atoms with van der Waals surface area (Å²) in [6, 6.07) is 6.41. The van der Waals surface area contributed by atoms with Gasteiger partial charge >= 0.3 is 6.18 Å². The predicted molar refractivity (Wildman–Crippen MR) is 69.4 cm³/mol. The maximum absolute atomic E-state index is 13.8. The maximum Gasteiger partial charge on any atom is 0.416 e. The lowest BCUT2D eigenvalue weighted by molar-refractivity contribution is -0.137. The first-order valence-corrected chi connectivity index (χ1v) is 6.67. The van der Waals surface area contributed by atoms with Gasteiger partial charge in [-0.05, 0) is 29.3 Å². The number of halogens is 6. The van der Waals surface area contributed by atoms with E-state index in [4.69, 9.17) is 0 Å². The molecule has 0 amide bonds. The summed E-state index contributed by atoms with van der Waals surface area (Å²) >= 11 is 3.13. The Morgan fingerprint density at radius 2 is 1.65 bits per heavy atom. The smallest absolute Gasteiger partial charge is 0.204 e. The summed E-state index contributed by atoms with van der Waals surface area (Å²) in [4.78, 5) is 0. The molecule has 0 saturated carbocycles. The minimum absolute atomic E-state index is 0.0219. The van der Waals surface area contributed by atoms with Gasteiger partial charge in [-0.15, -0.1) is 0 Å². The molecule has 2 aromatic carbocycles. The molecule has 2 rings (SSSR count). The van der Waals surface area contributed by atoms with Crippen LogP contribution in [0, 0.1) is 11.6 Å². The van der Waals surface area contributed by atoms with Crippen LogP contribution < -0.4 is 0 Å². The Morgan fingerprint density at radius 3 is 2.25 bits per heavy atom. The molecule has 0 saturated heterocycles. The maximum atomic E-state index is 13.8. The predicted octanol–water partition coefficient (Wildman–Crippen LogP) is 5.55. The van der Waals surface area contributed by atoms with E-state index < -0.39 is 23.4 Å². The van der Waals surface area contributed by atoms with E-state index in [0.717, 1.165) is 18.2 Å². The summed E-state index contributed by atoms with van der Waals surface area (Å²) < 4.78 is 65.1. The molecule has 0 nitrogen and oxygen atoms in total. The van der Waals surface area contributed by atoms with E-state index in [9.17, 15) is 22.0 Å². The lowest BCUT2D eigenvalue weighted by Gasteiger charge is -2.13. The summed E-state index contributed by atoms with van der Waals surface area (Å²) in [5.41, 5.74) is -0.623. The molecule has 0 bridgehead atoms. The minimum Gasteiger partial charge on any atom is -0.204 e. The van der Waals surface area contributed by atoms with Crippen LogP contribution in [0.25, 0.3) is 11.1 Å². The van der Waals surface area contributed by atoms with Crippen molar-refractivity contribution in [3.05, 3.63) is 59.2 Å². The van der Waals surface area contributed by atoms with Gasteiger partial charge in [-0.3, -0.25) is 0 Å².